The highest BCUT2D eigenvalue weighted by Gasteiger charge is 2.09. The smallest absolute Gasteiger partial charge is 0.121 e. The molecule has 0 fully saturated rings. The van der Waals surface area contributed by atoms with Gasteiger partial charge in [0.25, 0.3) is 0 Å². The van der Waals surface area contributed by atoms with Gasteiger partial charge in [0.15, 0.2) is 0 Å². The maximum atomic E-state index is 5.84. The van der Waals surface area contributed by atoms with Crippen LogP contribution in [0, 0.1) is 0 Å². The number of hydrogen-bond acceptors (Lipinski definition) is 4. The number of rotatable bonds is 3. The van der Waals surface area contributed by atoms with Gasteiger partial charge in [-0.1, -0.05) is 0 Å². The quantitative estimate of drug-likeness (QED) is 0.793. The number of ether oxygens (including phenoxy) is 1. The summed E-state index contributed by atoms with van der Waals surface area (Å²) in [5.41, 5.74) is 9.92. The van der Waals surface area contributed by atoms with E-state index in [1.54, 1.807) is 18.4 Å². The fourth-order valence-corrected chi connectivity index (χ4v) is 2.76. The van der Waals surface area contributed by atoms with Gasteiger partial charge in [-0.2, -0.15) is 11.3 Å². The Labute approximate surface area is 115 Å². The number of nitrogens with two attached hydrogens (primary N) is 1. The van der Waals surface area contributed by atoms with Gasteiger partial charge in [-0.05, 0) is 35.2 Å². The van der Waals surface area contributed by atoms with E-state index in [0.717, 1.165) is 33.5 Å². The first-order chi connectivity index (χ1) is 9.31. The monoisotopic (exact) mass is 270 g/mol. The molecule has 3 aromatic rings. The van der Waals surface area contributed by atoms with E-state index in [2.05, 4.69) is 17.5 Å². The summed E-state index contributed by atoms with van der Waals surface area (Å²) in [7, 11) is 1.66. The predicted molar refractivity (Wildman–Crippen MR) is 79.5 cm³/mol. The van der Waals surface area contributed by atoms with Gasteiger partial charge in [0.2, 0.25) is 0 Å². The number of aromatic nitrogens is 1. The van der Waals surface area contributed by atoms with Crippen LogP contribution in [0.5, 0.6) is 5.75 Å². The molecule has 0 saturated carbocycles. The first-order valence-electron chi connectivity index (χ1n) is 6.02. The molecule has 2 heterocycles. The minimum absolute atomic E-state index is 0.486. The number of benzene rings is 1. The molecule has 96 valence electrons. The average Bonchev–Trinajstić information content (AvgIpc) is 2.99. The van der Waals surface area contributed by atoms with Gasteiger partial charge in [0.1, 0.15) is 5.75 Å². The van der Waals surface area contributed by atoms with Crippen molar-refractivity contribution in [1.82, 2.24) is 4.98 Å². The molecular formula is C15H14N2OS. The lowest BCUT2D eigenvalue weighted by molar-refractivity contribution is 0.415. The van der Waals surface area contributed by atoms with Gasteiger partial charge < -0.3 is 10.5 Å². The second-order valence-electron chi connectivity index (χ2n) is 4.27. The van der Waals surface area contributed by atoms with Crippen LogP contribution in [-0.4, -0.2) is 12.1 Å². The summed E-state index contributed by atoms with van der Waals surface area (Å²) in [6.07, 6.45) is 0. The van der Waals surface area contributed by atoms with Gasteiger partial charge in [-0.3, -0.25) is 0 Å². The number of nitrogens with zero attached hydrogens (tertiary/aromatic N) is 1. The molecule has 0 aliphatic rings. The fourth-order valence-electron chi connectivity index (χ4n) is 2.12. The topological polar surface area (TPSA) is 48.1 Å². The Bertz CT molecular complexity index is 707. The molecule has 0 atom stereocenters. The van der Waals surface area contributed by atoms with E-state index in [4.69, 9.17) is 15.5 Å². The van der Waals surface area contributed by atoms with E-state index >= 15 is 0 Å². The molecule has 0 aliphatic carbocycles. The van der Waals surface area contributed by atoms with Crippen LogP contribution in [0.15, 0.2) is 41.1 Å². The Kier molecular flexibility index (Phi) is 3.19. The van der Waals surface area contributed by atoms with Crippen molar-refractivity contribution in [2.45, 2.75) is 6.54 Å². The highest BCUT2D eigenvalue weighted by Crippen LogP contribution is 2.28. The summed E-state index contributed by atoms with van der Waals surface area (Å²) in [5, 5.41) is 5.22. The van der Waals surface area contributed by atoms with Crippen molar-refractivity contribution in [3.63, 3.8) is 0 Å². The summed E-state index contributed by atoms with van der Waals surface area (Å²) < 4.78 is 5.25. The number of methoxy groups -OCH3 is 1. The first kappa shape index (κ1) is 12.1. The van der Waals surface area contributed by atoms with Crippen LogP contribution in [0.25, 0.3) is 22.2 Å². The standard InChI is InChI=1S/C15H14N2OS/c1-18-13-3-2-10-6-12(8-16)15(17-14(10)7-13)11-4-5-19-9-11/h2-7,9H,8,16H2,1H3. The van der Waals surface area contributed by atoms with Crippen molar-refractivity contribution >= 4 is 22.2 Å². The largest absolute Gasteiger partial charge is 0.497 e. The van der Waals surface area contributed by atoms with E-state index in [-0.39, 0.29) is 0 Å². The first-order valence-corrected chi connectivity index (χ1v) is 6.96. The molecule has 19 heavy (non-hydrogen) atoms. The summed E-state index contributed by atoms with van der Waals surface area (Å²) in [4.78, 5) is 4.74. The van der Waals surface area contributed by atoms with Gasteiger partial charge in [-0.25, -0.2) is 4.98 Å². The Morgan fingerprint density at radius 3 is 2.84 bits per heavy atom. The maximum Gasteiger partial charge on any atom is 0.121 e. The highest BCUT2D eigenvalue weighted by molar-refractivity contribution is 7.08. The van der Waals surface area contributed by atoms with Gasteiger partial charge >= 0.3 is 0 Å². The van der Waals surface area contributed by atoms with Crippen LogP contribution < -0.4 is 10.5 Å². The molecule has 0 saturated heterocycles. The lowest BCUT2D eigenvalue weighted by Gasteiger charge is -2.09. The van der Waals surface area contributed by atoms with Crippen LogP contribution in [0.2, 0.25) is 0 Å². The van der Waals surface area contributed by atoms with E-state index in [0.29, 0.717) is 6.54 Å². The lowest BCUT2D eigenvalue weighted by atomic mass is 10.1. The van der Waals surface area contributed by atoms with Crippen molar-refractivity contribution < 1.29 is 4.74 Å². The zero-order chi connectivity index (χ0) is 13.2. The van der Waals surface area contributed by atoms with Crippen LogP contribution in [0.4, 0.5) is 0 Å². The summed E-state index contributed by atoms with van der Waals surface area (Å²) >= 11 is 1.66. The van der Waals surface area contributed by atoms with E-state index in [9.17, 15) is 0 Å². The third-order valence-corrected chi connectivity index (χ3v) is 3.80. The van der Waals surface area contributed by atoms with E-state index in [1.165, 1.54) is 0 Å². The SMILES string of the molecule is COc1ccc2cc(CN)c(-c3ccsc3)nc2c1. The number of fused-ring (bicyclic) bond motifs is 1. The molecule has 0 bridgehead atoms. The second kappa shape index (κ2) is 4.99. The third-order valence-electron chi connectivity index (χ3n) is 3.12. The van der Waals surface area contributed by atoms with Crippen molar-refractivity contribution in [2.24, 2.45) is 5.73 Å². The van der Waals surface area contributed by atoms with Crippen LogP contribution in [0.3, 0.4) is 0 Å². The van der Waals surface area contributed by atoms with Crippen molar-refractivity contribution in [2.75, 3.05) is 7.11 Å². The Hall–Kier alpha value is -1.91. The van der Waals surface area contributed by atoms with Crippen LogP contribution >= 0.6 is 11.3 Å². The average molecular weight is 270 g/mol. The van der Waals surface area contributed by atoms with Crippen LogP contribution in [0.1, 0.15) is 5.56 Å². The summed E-state index contributed by atoms with van der Waals surface area (Å²) in [6.45, 7) is 0.486. The molecule has 0 radical (unpaired) electrons. The maximum absolute atomic E-state index is 5.84. The molecule has 0 amide bonds. The van der Waals surface area contributed by atoms with Crippen molar-refractivity contribution in [3.05, 3.63) is 46.7 Å². The molecule has 3 rings (SSSR count). The molecule has 0 aliphatic heterocycles. The Morgan fingerprint density at radius 1 is 1.26 bits per heavy atom. The Balaban J connectivity index is 2.25. The van der Waals surface area contributed by atoms with Gasteiger partial charge in [-0.15, -0.1) is 0 Å². The molecule has 2 N–H and O–H groups in total. The normalized spacial score (nSPS) is 10.8. The Morgan fingerprint density at radius 2 is 2.16 bits per heavy atom. The molecule has 0 spiro atoms. The number of hydrogen-bond donors (Lipinski definition) is 1. The summed E-state index contributed by atoms with van der Waals surface area (Å²) in [5.74, 6) is 0.816. The molecule has 0 unspecified atom stereocenters. The summed E-state index contributed by atoms with van der Waals surface area (Å²) in [6, 6.07) is 10.1. The second-order valence-corrected chi connectivity index (χ2v) is 5.05. The molecule has 1 aromatic carbocycles. The third kappa shape index (κ3) is 2.20. The van der Waals surface area contributed by atoms with Crippen LogP contribution in [-0.2, 0) is 6.54 Å². The molecule has 2 aromatic heterocycles. The minimum atomic E-state index is 0.486. The molecular weight excluding hydrogens is 256 g/mol. The number of pyridine rings is 1. The van der Waals surface area contributed by atoms with E-state index < -0.39 is 0 Å². The van der Waals surface area contributed by atoms with Gasteiger partial charge in [0, 0.05) is 28.9 Å². The van der Waals surface area contributed by atoms with Crippen molar-refractivity contribution in [3.8, 4) is 17.0 Å². The zero-order valence-corrected chi connectivity index (χ0v) is 11.4. The zero-order valence-electron chi connectivity index (χ0n) is 10.6. The number of thiophene rings is 1. The van der Waals surface area contributed by atoms with Crippen molar-refractivity contribution in [1.29, 1.82) is 0 Å². The van der Waals surface area contributed by atoms with Gasteiger partial charge in [0.05, 0.1) is 18.3 Å². The fraction of sp³-hybridized carbons (Fsp3) is 0.133. The molecule has 3 nitrogen and oxygen atoms in total. The minimum Gasteiger partial charge on any atom is -0.497 e. The highest BCUT2D eigenvalue weighted by atomic mass is 32.1. The lowest BCUT2D eigenvalue weighted by Crippen LogP contribution is -2.01. The molecule has 4 heteroatoms. The van der Waals surface area contributed by atoms with E-state index in [1.807, 2.05) is 23.6 Å². The predicted octanol–water partition coefficient (Wildman–Crippen LogP) is 3.43.